The van der Waals surface area contributed by atoms with Gasteiger partial charge in [-0.15, -0.1) is 5.10 Å². The molecule has 0 fully saturated rings. The van der Waals surface area contributed by atoms with Crippen LogP contribution in [0.4, 0.5) is 0 Å². The molecule has 0 aliphatic heterocycles. The number of aryl methyl sites for hydroxylation is 2. The van der Waals surface area contributed by atoms with Gasteiger partial charge in [0.25, 0.3) is 0 Å². The van der Waals surface area contributed by atoms with E-state index in [0.29, 0.717) is 18.7 Å². The molecule has 3 heterocycles. The first-order valence-corrected chi connectivity index (χ1v) is 8.42. The number of carbonyl (C=O) groups excluding carboxylic acids is 1. The standard InChI is InChI=1S/C19H19N5O2/c1-12-7-15-9-16(10-23(14(3)25)11-17-5-4-6-26-17)19-20-21-22-24(19)18(15)8-13(12)2/h4-9H,10-11H2,1-3H3. The van der Waals surface area contributed by atoms with E-state index in [2.05, 4.69) is 47.6 Å². The summed E-state index contributed by atoms with van der Waals surface area (Å²) in [6.45, 7) is 6.51. The fraction of sp³-hybridized carbons (Fsp3) is 0.263. The monoisotopic (exact) mass is 349 g/mol. The first kappa shape index (κ1) is 16.3. The molecule has 3 aromatic heterocycles. The van der Waals surface area contributed by atoms with Crippen LogP contribution in [-0.4, -0.2) is 30.8 Å². The zero-order valence-electron chi connectivity index (χ0n) is 14.9. The molecule has 0 aliphatic rings. The first-order valence-electron chi connectivity index (χ1n) is 8.42. The van der Waals surface area contributed by atoms with Crippen LogP contribution in [0.3, 0.4) is 0 Å². The molecule has 132 valence electrons. The molecular formula is C19H19N5O2. The SMILES string of the molecule is CC(=O)N(Cc1ccco1)Cc1cc2cc(C)c(C)cc2n2nnnc12. The number of carbonyl (C=O) groups is 1. The lowest BCUT2D eigenvalue weighted by Gasteiger charge is -2.20. The molecule has 0 spiro atoms. The number of fused-ring (bicyclic) bond motifs is 3. The van der Waals surface area contributed by atoms with Crippen LogP contribution in [0.5, 0.6) is 0 Å². The van der Waals surface area contributed by atoms with Gasteiger partial charge in [-0.05, 0) is 65.7 Å². The predicted octanol–water partition coefficient (Wildman–Crippen LogP) is 3.04. The Bertz CT molecular complexity index is 1100. The molecule has 0 unspecified atom stereocenters. The van der Waals surface area contributed by atoms with Gasteiger partial charge in [-0.3, -0.25) is 4.79 Å². The number of amides is 1. The fourth-order valence-corrected chi connectivity index (χ4v) is 3.12. The van der Waals surface area contributed by atoms with E-state index in [1.165, 1.54) is 11.1 Å². The summed E-state index contributed by atoms with van der Waals surface area (Å²) in [5, 5.41) is 13.2. The molecule has 1 amide bonds. The maximum absolute atomic E-state index is 12.1. The summed E-state index contributed by atoms with van der Waals surface area (Å²) >= 11 is 0. The molecule has 0 atom stereocenters. The fourth-order valence-electron chi connectivity index (χ4n) is 3.12. The summed E-state index contributed by atoms with van der Waals surface area (Å²) in [6.07, 6.45) is 1.61. The van der Waals surface area contributed by atoms with Crippen molar-refractivity contribution in [2.24, 2.45) is 0 Å². The smallest absolute Gasteiger partial charge is 0.220 e. The van der Waals surface area contributed by atoms with Crippen molar-refractivity contribution in [1.29, 1.82) is 0 Å². The van der Waals surface area contributed by atoms with Gasteiger partial charge in [0.1, 0.15) is 5.76 Å². The zero-order chi connectivity index (χ0) is 18.3. The van der Waals surface area contributed by atoms with Gasteiger partial charge < -0.3 is 9.32 Å². The summed E-state index contributed by atoms with van der Waals surface area (Å²) < 4.78 is 7.12. The minimum atomic E-state index is -0.0350. The Morgan fingerprint density at radius 2 is 2.00 bits per heavy atom. The van der Waals surface area contributed by atoms with Gasteiger partial charge in [-0.2, -0.15) is 4.52 Å². The van der Waals surface area contributed by atoms with Crippen molar-refractivity contribution in [3.63, 3.8) is 0 Å². The molecule has 4 rings (SSSR count). The van der Waals surface area contributed by atoms with Gasteiger partial charge in [-0.1, -0.05) is 0 Å². The molecule has 7 nitrogen and oxygen atoms in total. The van der Waals surface area contributed by atoms with Gasteiger partial charge in [0.05, 0.1) is 18.3 Å². The lowest BCUT2D eigenvalue weighted by Crippen LogP contribution is -2.27. The molecule has 7 heteroatoms. The number of furan rings is 1. The number of hydrogen-bond donors (Lipinski definition) is 0. The molecule has 0 saturated carbocycles. The predicted molar refractivity (Wildman–Crippen MR) is 96.4 cm³/mol. The van der Waals surface area contributed by atoms with Crippen LogP contribution >= 0.6 is 0 Å². The van der Waals surface area contributed by atoms with E-state index in [4.69, 9.17) is 4.42 Å². The highest BCUT2D eigenvalue weighted by Crippen LogP contribution is 2.24. The Labute approximate surface area is 150 Å². The molecule has 0 bridgehead atoms. The quantitative estimate of drug-likeness (QED) is 0.566. The highest BCUT2D eigenvalue weighted by molar-refractivity contribution is 5.84. The second-order valence-corrected chi connectivity index (χ2v) is 6.53. The number of benzene rings is 1. The number of rotatable bonds is 4. The van der Waals surface area contributed by atoms with Crippen LogP contribution < -0.4 is 0 Å². The zero-order valence-corrected chi connectivity index (χ0v) is 14.9. The minimum absolute atomic E-state index is 0.0350. The molecule has 4 aromatic rings. The van der Waals surface area contributed by atoms with Crippen molar-refractivity contribution in [3.8, 4) is 0 Å². The molecule has 0 saturated heterocycles. The molecule has 1 aromatic carbocycles. The van der Waals surface area contributed by atoms with E-state index in [0.717, 1.165) is 22.2 Å². The summed E-state index contributed by atoms with van der Waals surface area (Å²) in [4.78, 5) is 13.9. The molecule has 0 radical (unpaired) electrons. The summed E-state index contributed by atoms with van der Waals surface area (Å²) in [5.41, 5.74) is 4.90. The highest BCUT2D eigenvalue weighted by atomic mass is 16.3. The first-order chi connectivity index (χ1) is 12.5. The van der Waals surface area contributed by atoms with Crippen molar-refractivity contribution >= 4 is 22.5 Å². The largest absolute Gasteiger partial charge is 0.467 e. The van der Waals surface area contributed by atoms with Crippen molar-refractivity contribution in [1.82, 2.24) is 24.9 Å². The maximum Gasteiger partial charge on any atom is 0.220 e. The third-order valence-corrected chi connectivity index (χ3v) is 4.69. The number of pyridine rings is 1. The number of aromatic nitrogens is 4. The van der Waals surface area contributed by atoms with Gasteiger partial charge >= 0.3 is 0 Å². The number of hydrogen-bond acceptors (Lipinski definition) is 5. The average Bonchev–Trinajstić information content (AvgIpc) is 3.27. The number of tetrazole rings is 1. The van der Waals surface area contributed by atoms with Crippen LogP contribution in [0.15, 0.2) is 41.0 Å². The third kappa shape index (κ3) is 2.81. The summed E-state index contributed by atoms with van der Waals surface area (Å²) in [6, 6.07) is 9.95. The molecule has 26 heavy (non-hydrogen) atoms. The van der Waals surface area contributed by atoms with Gasteiger partial charge in [0, 0.05) is 24.4 Å². The van der Waals surface area contributed by atoms with E-state index in [-0.39, 0.29) is 5.91 Å². The normalized spacial score (nSPS) is 11.3. The van der Waals surface area contributed by atoms with Crippen LogP contribution in [0, 0.1) is 13.8 Å². The second-order valence-electron chi connectivity index (χ2n) is 6.53. The Hall–Kier alpha value is -3.22. The summed E-state index contributed by atoms with van der Waals surface area (Å²) in [7, 11) is 0. The Kier molecular flexibility index (Phi) is 3.91. The van der Waals surface area contributed by atoms with Gasteiger partial charge in [-0.25, -0.2) is 0 Å². The van der Waals surface area contributed by atoms with E-state index in [1.807, 2.05) is 12.1 Å². The van der Waals surface area contributed by atoms with Crippen LogP contribution in [0.25, 0.3) is 16.6 Å². The highest BCUT2D eigenvalue weighted by Gasteiger charge is 2.17. The van der Waals surface area contributed by atoms with E-state index < -0.39 is 0 Å². The topological polar surface area (TPSA) is 76.5 Å². The van der Waals surface area contributed by atoms with Crippen LogP contribution in [0.2, 0.25) is 0 Å². The molecule has 0 aliphatic carbocycles. The third-order valence-electron chi connectivity index (χ3n) is 4.69. The lowest BCUT2D eigenvalue weighted by atomic mass is 10.0. The van der Waals surface area contributed by atoms with E-state index >= 15 is 0 Å². The molecular weight excluding hydrogens is 330 g/mol. The van der Waals surface area contributed by atoms with Crippen molar-refractivity contribution in [2.45, 2.75) is 33.9 Å². The number of nitrogens with zero attached hydrogens (tertiary/aromatic N) is 5. The van der Waals surface area contributed by atoms with Crippen molar-refractivity contribution in [2.75, 3.05) is 0 Å². The van der Waals surface area contributed by atoms with Gasteiger partial charge in [0.15, 0.2) is 5.65 Å². The molecule has 0 N–H and O–H groups in total. The average molecular weight is 349 g/mol. The lowest BCUT2D eigenvalue weighted by molar-refractivity contribution is -0.130. The van der Waals surface area contributed by atoms with E-state index in [1.54, 1.807) is 22.6 Å². The van der Waals surface area contributed by atoms with Crippen molar-refractivity contribution in [3.05, 3.63) is 59.0 Å². The van der Waals surface area contributed by atoms with Gasteiger partial charge in [0.2, 0.25) is 5.91 Å². The maximum atomic E-state index is 12.1. The van der Waals surface area contributed by atoms with Crippen LogP contribution in [0.1, 0.15) is 29.4 Å². The van der Waals surface area contributed by atoms with Crippen LogP contribution in [-0.2, 0) is 17.9 Å². The van der Waals surface area contributed by atoms with Crippen molar-refractivity contribution < 1.29 is 9.21 Å². The summed E-state index contributed by atoms with van der Waals surface area (Å²) in [5.74, 6) is 0.704. The minimum Gasteiger partial charge on any atom is -0.467 e. The van der Waals surface area contributed by atoms with E-state index in [9.17, 15) is 4.79 Å². The Morgan fingerprint density at radius 3 is 2.73 bits per heavy atom. The Morgan fingerprint density at radius 1 is 1.19 bits per heavy atom. The Balaban J connectivity index is 1.80. The second kappa shape index (κ2) is 6.25.